The normalized spacial score (nSPS) is 34.7. The van der Waals surface area contributed by atoms with Crippen molar-refractivity contribution >= 4 is 0 Å². The molecule has 110 valence electrons. The molecule has 0 aromatic rings. The van der Waals surface area contributed by atoms with Crippen LogP contribution in [-0.4, -0.2) is 48.8 Å². The topological polar surface area (TPSA) is 24.5 Å². The average molecular weight is 266 g/mol. The average Bonchev–Trinajstić information content (AvgIpc) is 2.88. The van der Waals surface area contributed by atoms with Gasteiger partial charge in [0, 0.05) is 37.3 Å². The summed E-state index contributed by atoms with van der Waals surface area (Å²) >= 11 is 0. The lowest BCUT2D eigenvalue weighted by atomic mass is 9.76. The van der Waals surface area contributed by atoms with Gasteiger partial charge in [0.15, 0.2) is 0 Å². The van der Waals surface area contributed by atoms with E-state index in [1.807, 2.05) is 0 Å². The van der Waals surface area contributed by atoms with E-state index in [2.05, 4.69) is 24.1 Å². The van der Waals surface area contributed by atoms with Crippen LogP contribution in [0.4, 0.5) is 0 Å². The van der Waals surface area contributed by atoms with Crippen LogP contribution in [0.15, 0.2) is 0 Å². The van der Waals surface area contributed by atoms with Gasteiger partial charge in [-0.05, 0) is 39.0 Å². The minimum Gasteiger partial charge on any atom is -0.381 e. The van der Waals surface area contributed by atoms with Crippen LogP contribution < -0.4 is 5.32 Å². The monoisotopic (exact) mass is 266 g/mol. The second kappa shape index (κ2) is 5.34. The molecule has 1 unspecified atom stereocenters. The highest BCUT2D eigenvalue weighted by Crippen LogP contribution is 2.37. The van der Waals surface area contributed by atoms with E-state index in [1.54, 1.807) is 0 Å². The molecule has 3 heteroatoms. The fraction of sp³-hybridized carbons (Fsp3) is 1.00. The van der Waals surface area contributed by atoms with Crippen LogP contribution in [0.3, 0.4) is 0 Å². The van der Waals surface area contributed by atoms with Crippen molar-refractivity contribution in [2.24, 2.45) is 5.92 Å². The Morgan fingerprint density at radius 3 is 2.68 bits per heavy atom. The Hall–Kier alpha value is -0.120. The first-order valence-electron chi connectivity index (χ1n) is 8.18. The minimum absolute atomic E-state index is 0.266. The van der Waals surface area contributed by atoms with Crippen molar-refractivity contribution in [2.75, 3.05) is 32.8 Å². The van der Waals surface area contributed by atoms with Gasteiger partial charge in [-0.2, -0.15) is 0 Å². The van der Waals surface area contributed by atoms with Crippen LogP contribution in [0.25, 0.3) is 0 Å². The number of hydrogen-bond acceptors (Lipinski definition) is 3. The van der Waals surface area contributed by atoms with Gasteiger partial charge in [-0.15, -0.1) is 0 Å². The first kappa shape index (κ1) is 13.8. The Morgan fingerprint density at radius 1 is 1.21 bits per heavy atom. The van der Waals surface area contributed by atoms with Crippen LogP contribution >= 0.6 is 0 Å². The van der Waals surface area contributed by atoms with Crippen LogP contribution in [-0.2, 0) is 4.74 Å². The summed E-state index contributed by atoms with van der Waals surface area (Å²) in [4.78, 5) is 2.84. The molecular weight excluding hydrogens is 236 g/mol. The molecule has 0 aromatic heterocycles. The molecule has 3 fully saturated rings. The van der Waals surface area contributed by atoms with Gasteiger partial charge in [-0.1, -0.05) is 19.3 Å². The standard InChI is InChI=1S/C16H30N2O/c1-15(2)13-18(10-14-6-9-19-11-14)16(12-17-15)7-4-3-5-8-16/h14,17H,3-13H2,1-2H3. The summed E-state index contributed by atoms with van der Waals surface area (Å²) < 4.78 is 5.58. The van der Waals surface area contributed by atoms with Crippen molar-refractivity contribution in [3.8, 4) is 0 Å². The molecule has 3 nitrogen and oxygen atoms in total. The number of rotatable bonds is 2. The zero-order valence-corrected chi connectivity index (χ0v) is 12.7. The number of ether oxygens (including phenoxy) is 1. The van der Waals surface area contributed by atoms with Crippen LogP contribution in [0, 0.1) is 5.92 Å². The van der Waals surface area contributed by atoms with E-state index in [4.69, 9.17) is 4.74 Å². The van der Waals surface area contributed by atoms with Gasteiger partial charge >= 0.3 is 0 Å². The van der Waals surface area contributed by atoms with Crippen LogP contribution in [0.2, 0.25) is 0 Å². The summed E-state index contributed by atoms with van der Waals surface area (Å²) in [5.74, 6) is 0.771. The van der Waals surface area contributed by atoms with Gasteiger partial charge in [0.2, 0.25) is 0 Å². The van der Waals surface area contributed by atoms with Crippen molar-refractivity contribution in [2.45, 2.75) is 63.5 Å². The van der Waals surface area contributed by atoms with Crippen LogP contribution in [0.5, 0.6) is 0 Å². The molecule has 2 heterocycles. The largest absolute Gasteiger partial charge is 0.381 e. The van der Waals surface area contributed by atoms with Crippen molar-refractivity contribution < 1.29 is 4.74 Å². The second-order valence-electron chi connectivity index (χ2n) is 7.63. The fourth-order valence-electron chi connectivity index (χ4n) is 4.22. The molecule has 0 bridgehead atoms. The lowest BCUT2D eigenvalue weighted by molar-refractivity contribution is -0.0205. The van der Waals surface area contributed by atoms with Gasteiger partial charge < -0.3 is 10.1 Å². The first-order chi connectivity index (χ1) is 9.10. The smallest absolute Gasteiger partial charge is 0.0507 e. The number of hydrogen-bond donors (Lipinski definition) is 1. The predicted molar refractivity (Wildman–Crippen MR) is 78.4 cm³/mol. The van der Waals surface area contributed by atoms with Crippen molar-refractivity contribution in [3.05, 3.63) is 0 Å². The number of nitrogens with one attached hydrogen (secondary N) is 1. The highest BCUT2D eigenvalue weighted by molar-refractivity contribution is 5.04. The van der Waals surface area contributed by atoms with Gasteiger partial charge in [0.1, 0.15) is 0 Å². The molecule has 19 heavy (non-hydrogen) atoms. The second-order valence-corrected chi connectivity index (χ2v) is 7.63. The summed E-state index contributed by atoms with van der Waals surface area (Å²) in [6.45, 7) is 10.3. The maximum Gasteiger partial charge on any atom is 0.0507 e. The Morgan fingerprint density at radius 2 is 2.00 bits per heavy atom. The third-order valence-electron chi connectivity index (χ3n) is 5.44. The quantitative estimate of drug-likeness (QED) is 0.830. The van der Waals surface area contributed by atoms with E-state index in [0.717, 1.165) is 19.1 Å². The molecule has 2 saturated heterocycles. The van der Waals surface area contributed by atoms with E-state index in [9.17, 15) is 0 Å². The summed E-state index contributed by atoms with van der Waals surface area (Å²) in [7, 11) is 0. The highest BCUT2D eigenvalue weighted by atomic mass is 16.5. The molecule has 3 rings (SSSR count). The third kappa shape index (κ3) is 2.98. The van der Waals surface area contributed by atoms with E-state index in [0.29, 0.717) is 5.54 Å². The van der Waals surface area contributed by atoms with Gasteiger partial charge in [-0.3, -0.25) is 4.90 Å². The maximum atomic E-state index is 5.58. The zero-order valence-electron chi connectivity index (χ0n) is 12.7. The lowest BCUT2D eigenvalue weighted by Gasteiger charge is -2.55. The number of nitrogens with zero attached hydrogens (tertiary/aromatic N) is 1. The summed E-state index contributed by atoms with van der Waals surface area (Å²) in [6.07, 6.45) is 8.32. The molecular formula is C16H30N2O. The zero-order chi connectivity index (χ0) is 13.3. The van der Waals surface area contributed by atoms with E-state index >= 15 is 0 Å². The molecule has 3 aliphatic rings. The summed E-state index contributed by atoms with van der Waals surface area (Å²) in [6, 6.07) is 0. The van der Waals surface area contributed by atoms with E-state index in [1.165, 1.54) is 58.2 Å². The van der Waals surface area contributed by atoms with E-state index < -0.39 is 0 Å². The van der Waals surface area contributed by atoms with Gasteiger partial charge in [-0.25, -0.2) is 0 Å². The predicted octanol–water partition coefficient (Wildman–Crippen LogP) is 2.41. The molecule has 0 amide bonds. The Bertz CT molecular complexity index is 304. The van der Waals surface area contributed by atoms with Gasteiger partial charge in [0.05, 0.1) is 6.61 Å². The van der Waals surface area contributed by atoms with Crippen molar-refractivity contribution in [3.63, 3.8) is 0 Å². The van der Waals surface area contributed by atoms with Gasteiger partial charge in [0.25, 0.3) is 0 Å². The Kier molecular flexibility index (Phi) is 3.89. The highest BCUT2D eigenvalue weighted by Gasteiger charge is 2.45. The molecule has 1 spiro atoms. The SMILES string of the molecule is CC1(C)CN(CC2CCOC2)C2(CCCCC2)CN1. The molecule has 2 aliphatic heterocycles. The molecule has 1 atom stereocenters. The Labute approximate surface area is 118 Å². The lowest BCUT2D eigenvalue weighted by Crippen LogP contribution is -2.69. The molecule has 0 aromatic carbocycles. The first-order valence-corrected chi connectivity index (χ1v) is 8.18. The van der Waals surface area contributed by atoms with Crippen molar-refractivity contribution in [1.82, 2.24) is 10.2 Å². The summed E-state index contributed by atoms with van der Waals surface area (Å²) in [5.41, 5.74) is 0.721. The molecule has 1 saturated carbocycles. The minimum atomic E-state index is 0.266. The Balaban J connectivity index is 1.72. The number of piperazine rings is 1. The third-order valence-corrected chi connectivity index (χ3v) is 5.44. The van der Waals surface area contributed by atoms with Crippen molar-refractivity contribution in [1.29, 1.82) is 0 Å². The molecule has 1 aliphatic carbocycles. The molecule has 1 N–H and O–H groups in total. The van der Waals surface area contributed by atoms with E-state index in [-0.39, 0.29) is 5.54 Å². The molecule has 0 radical (unpaired) electrons. The maximum absolute atomic E-state index is 5.58. The fourth-order valence-corrected chi connectivity index (χ4v) is 4.22. The van der Waals surface area contributed by atoms with Crippen LogP contribution in [0.1, 0.15) is 52.4 Å². The summed E-state index contributed by atoms with van der Waals surface area (Å²) in [5, 5.41) is 3.80.